The number of piperidine rings is 1. The van der Waals surface area contributed by atoms with Crippen LogP contribution in [0.15, 0.2) is 24.3 Å². The molecule has 2 N–H and O–H groups in total. The van der Waals surface area contributed by atoms with Crippen LogP contribution < -0.4 is 19.7 Å². The largest absolute Gasteiger partial charge is 0.492 e. The van der Waals surface area contributed by atoms with Crippen molar-refractivity contribution in [3.05, 3.63) is 46.5 Å². The van der Waals surface area contributed by atoms with Gasteiger partial charge in [-0.1, -0.05) is 11.6 Å². The van der Waals surface area contributed by atoms with E-state index >= 15 is 0 Å². The molecule has 32 heavy (non-hydrogen) atoms. The molecule has 2 heterocycles. The van der Waals surface area contributed by atoms with Gasteiger partial charge in [-0.15, -0.1) is 0 Å². The average molecular weight is 467 g/mol. The number of rotatable bonds is 6. The highest BCUT2D eigenvalue weighted by molar-refractivity contribution is 6.32. The summed E-state index contributed by atoms with van der Waals surface area (Å²) in [7, 11) is 0. The highest BCUT2D eigenvalue weighted by Gasteiger charge is 2.35. The van der Waals surface area contributed by atoms with Crippen LogP contribution in [0, 0.1) is 11.6 Å². The van der Waals surface area contributed by atoms with E-state index < -0.39 is 17.2 Å². The van der Waals surface area contributed by atoms with Crippen molar-refractivity contribution in [1.29, 1.82) is 0 Å². The number of amides is 1. The molecule has 2 aromatic rings. The van der Waals surface area contributed by atoms with E-state index in [0.717, 1.165) is 0 Å². The highest BCUT2D eigenvalue weighted by atomic mass is 35.5. The summed E-state index contributed by atoms with van der Waals surface area (Å²) in [6, 6.07) is 5.58. The number of carbonyl (C=O) groups is 1. The van der Waals surface area contributed by atoms with Crippen molar-refractivity contribution in [2.24, 2.45) is 0 Å². The van der Waals surface area contributed by atoms with E-state index in [1.807, 2.05) is 11.8 Å². The molecule has 1 fully saturated rings. The van der Waals surface area contributed by atoms with Crippen molar-refractivity contribution in [2.75, 3.05) is 36.5 Å². The maximum atomic E-state index is 14.5. The number of nitrogens with zero attached hydrogens (tertiary/aromatic N) is 1. The number of halogens is 3. The van der Waals surface area contributed by atoms with Gasteiger partial charge < -0.3 is 24.8 Å². The topological polar surface area (TPSA) is 71.0 Å². The Morgan fingerprint density at radius 1 is 1.12 bits per heavy atom. The molecule has 0 aromatic heterocycles. The Morgan fingerprint density at radius 3 is 2.59 bits per heavy atom. The van der Waals surface area contributed by atoms with Crippen molar-refractivity contribution >= 4 is 28.9 Å². The number of aliphatic hydroxyl groups is 1. The molecule has 2 aliphatic heterocycles. The molecule has 0 saturated carbocycles. The van der Waals surface area contributed by atoms with E-state index in [1.54, 1.807) is 6.07 Å². The Balaban J connectivity index is 1.42. The number of anilines is 2. The summed E-state index contributed by atoms with van der Waals surface area (Å²) in [4.78, 5) is 13.4. The summed E-state index contributed by atoms with van der Waals surface area (Å²) in [5.41, 5.74) is 0.00629. The van der Waals surface area contributed by atoms with Gasteiger partial charge in [0.1, 0.15) is 35.3 Å². The normalized spacial score (nSPS) is 17.5. The maximum Gasteiger partial charge on any atom is 0.224 e. The summed E-state index contributed by atoms with van der Waals surface area (Å²) in [6.45, 7) is 3.09. The van der Waals surface area contributed by atoms with Gasteiger partial charge in [0.2, 0.25) is 5.91 Å². The van der Waals surface area contributed by atoms with Crippen LogP contribution in [0.4, 0.5) is 20.2 Å². The molecule has 2 aliphatic rings. The van der Waals surface area contributed by atoms with E-state index in [2.05, 4.69) is 5.32 Å². The second-order valence-electron chi connectivity index (χ2n) is 8.11. The molecule has 4 rings (SSSR count). The molecule has 6 nitrogen and oxygen atoms in total. The lowest BCUT2D eigenvalue weighted by molar-refractivity contribution is -0.116. The number of nitrogens with one attached hydrogen (secondary N) is 1. The lowest BCUT2D eigenvalue weighted by Gasteiger charge is -2.39. The Bertz CT molecular complexity index is 1030. The van der Waals surface area contributed by atoms with Gasteiger partial charge in [-0.05, 0) is 44.4 Å². The van der Waals surface area contributed by atoms with Crippen LogP contribution >= 0.6 is 11.6 Å². The zero-order chi connectivity index (χ0) is 22.9. The number of ether oxygens (including phenoxy) is 2. The maximum absolute atomic E-state index is 14.5. The second kappa shape index (κ2) is 9.11. The third-order valence-electron chi connectivity index (χ3n) is 5.92. The quantitative estimate of drug-likeness (QED) is 0.663. The first-order valence-electron chi connectivity index (χ1n) is 10.6. The molecule has 0 radical (unpaired) electrons. The smallest absolute Gasteiger partial charge is 0.224 e. The summed E-state index contributed by atoms with van der Waals surface area (Å²) in [5, 5.41) is 13.8. The second-order valence-corrected chi connectivity index (χ2v) is 8.52. The predicted molar refractivity (Wildman–Crippen MR) is 118 cm³/mol. The number of hydrogen-bond acceptors (Lipinski definition) is 5. The van der Waals surface area contributed by atoms with Crippen LogP contribution in [0.1, 0.15) is 31.7 Å². The molecule has 0 atom stereocenters. The molecule has 0 spiro atoms. The lowest BCUT2D eigenvalue weighted by atomic mass is 9.92. The Morgan fingerprint density at radius 2 is 1.88 bits per heavy atom. The first kappa shape index (κ1) is 22.6. The van der Waals surface area contributed by atoms with Gasteiger partial charge in [-0.2, -0.15) is 0 Å². The Kier molecular flexibility index (Phi) is 6.44. The third kappa shape index (κ3) is 4.61. The van der Waals surface area contributed by atoms with E-state index in [1.165, 1.54) is 18.2 Å². The number of benzene rings is 2. The van der Waals surface area contributed by atoms with Gasteiger partial charge >= 0.3 is 0 Å². The van der Waals surface area contributed by atoms with Crippen LogP contribution in [-0.2, 0) is 11.2 Å². The Hall–Kier alpha value is -2.58. The van der Waals surface area contributed by atoms with Crippen molar-refractivity contribution < 1.29 is 28.2 Å². The Labute approximate surface area is 190 Å². The standard InChI is InChI=1S/C23H25ClF2N2O4/c1-2-31-20-12-18(17(26)11-15(20)24)28-9-7-23(30,8-10-28)13-32-19-5-4-16(25)22-14(19)3-6-21(29)27-22/h4-5,11-12,30H,2-3,6-10,13H2,1H3,(H,27,29). The fraction of sp³-hybridized carbons (Fsp3) is 0.435. The van der Waals surface area contributed by atoms with Crippen molar-refractivity contribution in [3.8, 4) is 11.5 Å². The van der Waals surface area contributed by atoms with Gasteiger partial charge in [0.15, 0.2) is 0 Å². The zero-order valence-corrected chi connectivity index (χ0v) is 18.5. The molecule has 0 unspecified atom stereocenters. The first-order chi connectivity index (χ1) is 15.3. The predicted octanol–water partition coefficient (Wildman–Crippen LogP) is 4.31. The highest BCUT2D eigenvalue weighted by Crippen LogP contribution is 2.37. The minimum absolute atomic E-state index is 0.0140. The van der Waals surface area contributed by atoms with E-state index in [9.17, 15) is 18.7 Å². The minimum Gasteiger partial charge on any atom is -0.492 e. The van der Waals surface area contributed by atoms with Gasteiger partial charge in [0.25, 0.3) is 0 Å². The van der Waals surface area contributed by atoms with Crippen molar-refractivity contribution in [1.82, 2.24) is 0 Å². The van der Waals surface area contributed by atoms with Crippen LogP contribution in [0.5, 0.6) is 11.5 Å². The zero-order valence-electron chi connectivity index (χ0n) is 17.7. The van der Waals surface area contributed by atoms with Gasteiger partial charge in [0, 0.05) is 31.1 Å². The molecule has 0 bridgehead atoms. The molecular formula is C23H25ClF2N2O4. The summed E-state index contributed by atoms with van der Waals surface area (Å²) < 4.78 is 39.9. The molecule has 1 saturated heterocycles. The molecule has 0 aliphatic carbocycles. The fourth-order valence-electron chi connectivity index (χ4n) is 4.11. The van der Waals surface area contributed by atoms with Crippen LogP contribution in [0.3, 0.4) is 0 Å². The summed E-state index contributed by atoms with van der Waals surface area (Å²) in [6.07, 6.45) is 1.35. The minimum atomic E-state index is -1.11. The third-order valence-corrected chi connectivity index (χ3v) is 6.21. The average Bonchev–Trinajstić information content (AvgIpc) is 2.76. The van der Waals surface area contributed by atoms with Gasteiger partial charge in [-0.3, -0.25) is 4.79 Å². The first-order valence-corrected chi connectivity index (χ1v) is 11.0. The fourth-order valence-corrected chi connectivity index (χ4v) is 4.31. The van der Waals surface area contributed by atoms with Crippen LogP contribution in [-0.4, -0.2) is 42.9 Å². The van der Waals surface area contributed by atoms with Crippen molar-refractivity contribution in [3.63, 3.8) is 0 Å². The monoisotopic (exact) mass is 466 g/mol. The molecule has 2 aromatic carbocycles. The summed E-state index contributed by atoms with van der Waals surface area (Å²) in [5.74, 6) is -0.323. The van der Waals surface area contributed by atoms with E-state index in [0.29, 0.717) is 61.7 Å². The SMILES string of the molecule is CCOc1cc(N2CCC(O)(COc3ccc(F)c4c3CCC(=O)N4)CC2)c(F)cc1Cl. The molecule has 172 valence electrons. The molecule has 1 amide bonds. The summed E-state index contributed by atoms with van der Waals surface area (Å²) >= 11 is 6.05. The number of carbonyl (C=O) groups excluding carboxylic acids is 1. The van der Waals surface area contributed by atoms with Gasteiger partial charge in [0.05, 0.1) is 23.0 Å². The molecular weight excluding hydrogens is 442 g/mol. The van der Waals surface area contributed by atoms with Crippen LogP contribution in [0.25, 0.3) is 0 Å². The lowest BCUT2D eigenvalue weighted by Crippen LogP contribution is -2.48. The molecule has 9 heteroatoms. The van der Waals surface area contributed by atoms with Gasteiger partial charge in [-0.25, -0.2) is 8.78 Å². The number of fused-ring (bicyclic) bond motifs is 1. The number of hydrogen-bond donors (Lipinski definition) is 2. The van der Waals surface area contributed by atoms with E-state index in [-0.39, 0.29) is 29.6 Å². The van der Waals surface area contributed by atoms with Crippen LogP contribution in [0.2, 0.25) is 5.02 Å². The van der Waals surface area contributed by atoms with E-state index in [4.69, 9.17) is 21.1 Å². The van der Waals surface area contributed by atoms with Crippen molar-refractivity contribution in [2.45, 2.75) is 38.2 Å².